The molecule has 4 rings (SSSR count). The van der Waals surface area contributed by atoms with Crippen LogP contribution < -0.4 is 10.6 Å². The van der Waals surface area contributed by atoms with Crippen molar-refractivity contribution in [3.05, 3.63) is 71.1 Å². The van der Waals surface area contributed by atoms with Gasteiger partial charge < -0.3 is 10.6 Å². The Hall–Kier alpha value is -3.65. The predicted molar refractivity (Wildman–Crippen MR) is 129 cm³/mol. The van der Waals surface area contributed by atoms with Crippen molar-refractivity contribution >= 4 is 40.1 Å². The van der Waals surface area contributed by atoms with Crippen molar-refractivity contribution < 1.29 is 9.59 Å². The number of aromatic nitrogens is 4. The third kappa shape index (κ3) is 4.75. The lowest BCUT2D eigenvalue weighted by Crippen LogP contribution is -2.29. The number of urea groups is 1. The molecule has 2 N–H and O–H groups in total. The van der Waals surface area contributed by atoms with Gasteiger partial charge in [0.25, 0.3) is 0 Å². The number of hydrogen-bond acceptors (Lipinski definition) is 4. The van der Waals surface area contributed by atoms with Gasteiger partial charge in [-0.1, -0.05) is 44.5 Å². The molecule has 0 aliphatic rings. The first-order chi connectivity index (χ1) is 15.6. The molecule has 0 fully saturated rings. The molecule has 8 nitrogen and oxygen atoms in total. The summed E-state index contributed by atoms with van der Waals surface area (Å²) in [6, 6.07) is 14.3. The van der Waals surface area contributed by atoms with Crippen LogP contribution in [-0.4, -0.2) is 31.5 Å². The van der Waals surface area contributed by atoms with Crippen molar-refractivity contribution in [1.29, 1.82) is 0 Å². The normalized spacial score (nSPS) is 11.5. The van der Waals surface area contributed by atoms with E-state index < -0.39 is 0 Å². The van der Waals surface area contributed by atoms with Crippen molar-refractivity contribution in [3.8, 4) is 5.69 Å². The fraction of sp³-hybridized carbons (Fsp3) is 0.250. The average Bonchev–Trinajstić information content (AvgIpc) is 3.37. The zero-order valence-corrected chi connectivity index (χ0v) is 19.6. The van der Waals surface area contributed by atoms with Crippen LogP contribution in [0.3, 0.4) is 0 Å². The number of hydrogen-bond donors (Lipinski definition) is 2. The minimum absolute atomic E-state index is 0.159. The summed E-state index contributed by atoms with van der Waals surface area (Å²) in [5, 5.41) is 15.9. The molecule has 0 aliphatic heterocycles. The van der Waals surface area contributed by atoms with E-state index in [4.69, 9.17) is 16.7 Å². The van der Waals surface area contributed by atoms with Crippen LogP contribution in [0.25, 0.3) is 16.6 Å². The number of fused-ring (bicyclic) bond motifs is 1. The second kappa shape index (κ2) is 8.71. The lowest BCUT2D eigenvalue weighted by atomic mass is 9.92. The lowest BCUT2D eigenvalue weighted by molar-refractivity contribution is 0.0926. The number of carbonyl (C=O) groups excluding carboxylic acids is 2. The zero-order chi connectivity index (χ0) is 23.8. The van der Waals surface area contributed by atoms with E-state index >= 15 is 0 Å². The molecule has 0 saturated carbocycles. The van der Waals surface area contributed by atoms with Crippen molar-refractivity contribution in [2.24, 2.45) is 0 Å². The Bertz CT molecular complexity index is 1350. The van der Waals surface area contributed by atoms with Crippen LogP contribution in [0.4, 0.5) is 10.5 Å². The van der Waals surface area contributed by atoms with Gasteiger partial charge in [0.05, 0.1) is 41.0 Å². The second-order valence-electron chi connectivity index (χ2n) is 8.78. The van der Waals surface area contributed by atoms with Gasteiger partial charge in [0.1, 0.15) is 0 Å². The van der Waals surface area contributed by atoms with Crippen LogP contribution in [-0.2, 0) is 12.0 Å². The van der Waals surface area contributed by atoms with Gasteiger partial charge in [0.2, 0.25) is 5.91 Å². The summed E-state index contributed by atoms with van der Waals surface area (Å²) in [4.78, 5) is 24.4. The molecule has 2 heterocycles. The van der Waals surface area contributed by atoms with Crippen molar-refractivity contribution in [2.75, 3.05) is 5.32 Å². The quantitative estimate of drug-likeness (QED) is 0.436. The molecule has 2 aromatic carbocycles. The van der Waals surface area contributed by atoms with Gasteiger partial charge in [-0.3, -0.25) is 4.79 Å². The van der Waals surface area contributed by atoms with Crippen LogP contribution in [0.2, 0.25) is 5.02 Å². The van der Waals surface area contributed by atoms with Crippen LogP contribution in [0.1, 0.15) is 43.9 Å². The Balaban J connectivity index is 1.56. The Kier molecular flexibility index (Phi) is 5.95. The molecule has 9 heteroatoms. The van der Waals surface area contributed by atoms with Gasteiger partial charge in [0.15, 0.2) is 0 Å². The smallest absolute Gasteiger partial charge is 0.319 e. The highest BCUT2D eigenvalue weighted by atomic mass is 35.5. The van der Waals surface area contributed by atoms with Gasteiger partial charge in [0, 0.05) is 22.7 Å². The van der Waals surface area contributed by atoms with Gasteiger partial charge in [-0.05, 0) is 36.4 Å². The number of nitrogens with zero attached hydrogens (tertiary/aromatic N) is 4. The first-order valence-electron chi connectivity index (χ1n) is 10.5. The first kappa shape index (κ1) is 22.5. The Morgan fingerprint density at radius 2 is 1.85 bits per heavy atom. The van der Waals surface area contributed by atoms with Crippen molar-refractivity contribution in [2.45, 2.75) is 39.7 Å². The standard InChI is InChI=1S/C24H25ClN6O2/c1-15(32)30-21-10-6-9-20(19(21)14-27-30)28-23(33)26-13-18-12-22(24(2,3)4)29-31(18)17-8-5-7-16(25)11-17/h5-12,14H,13H2,1-4H3,(H2,26,28,33). The number of halogens is 1. The molecule has 0 saturated heterocycles. The van der Waals surface area contributed by atoms with Gasteiger partial charge in [-0.2, -0.15) is 10.2 Å². The summed E-state index contributed by atoms with van der Waals surface area (Å²) in [7, 11) is 0. The molecule has 0 atom stereocenters. The third-order valence-corrected chi connectivity index (χ3v) is 5.43. The minimum atomic E-state index is -0.380. The summed E-state index contributed by atoms with van der Waals surface area (Å²) in [6.45, 7) is 7.95. The van der Waals surface area contributed by atoms with E-state index in [0.717, 1.165) is 17.1 Å². The van der Waals surface area contributed by atoms with E-state index in [1.165, 1.54) is 11.6 Å². The molecule has 0 aliphatic carbocycles. The van der Waals surface area contributed by atoms with Crippen LogP contribution in [0.15, 0.2) is 54.7 Å². The Morgan fingerprint density at radius 1 is 1.09 bits per heavy atom. The molecule has 0 bridgehead atoms. The van der Waals surface area contributed by atoms with Crippen LogP contribution in [0, 0.1) is 0 Å². The monoisotopic (exact) mass is 464 g/mol. The highest BCUT2D eigenvalue weighted by molar-refractivity contribution is 6.30. The molecule has 2 aromatic heterocycles. The first-order valence-corrected chi connectivity index (χ1v) is 10.9. The predicted octanol–water partition coefficient (Wildman–Crippen LogP) is 5.15. The molecular weight excluding hydrogens is 440 g/mol. The fourth-order valence-electron chi connectivity index (χ4n) is 3.49. The number of nitrogens with one attached hydrogen (secondary N) is 2. The molecule has 33 heavy (non-hydrogen) atoms. The highest BCUT2D eigenvalue weighted by Gasteiger charge is 2.21. The number of benzene rings is 2. The summed E-state index contributed by atoms with van der Waals surface area (Å²) in [5.74, 6) is -0.199. The Labute approximate surface area is 196 Å². The number of amides is 2. The summed E-state index contributed by atoms with van der Waals surface area (Å²) < 4.78 is 3.10. The van der Waals surface area contributed by atoms with Crippen molar-refractivity contribution in [1.82, 2.24) is 24.9 Å². The second-order valence-corrected chi connectivity index (χ2v) is 9.22. The fourth-order valence-corrected chi connectivity index (χ4v) is 3.68. The largest absolute Gasteiger partial charge is 0.332 e. The van der Waals surface area contributed by atoms with E-state index in [2.05, 4.69) is 36.5 Å². The van der Waals surface area contributed by atoms with E-state index in [9.17, 15) is 9.59 Å². The summed E-state index contributed by atoms with van der Waals surface area (Å²) in [5.41, 5.74) is 3.58. The number of carbonyl (C=O) groups is 2. The van der Waals surface area contributed by atoms with Crippen LogP contribution >= 0.6 is 11.6 Å². The van der Waals surface area contributed by atoms with E-state index in [1.807, 2.05) is 24.3 Å². The summed E-state index contributed by atoms with van der Waals surface area (Å²) >= 11 is 6.18. The van der Waals surface area contributed by atoms with Gasteiger partial charge in [-0.25, -0.2) is 14.2 Å². The maximum atomic E-state index is 12.7. The number of rotatable bonds is 4. The van der Waals surface area contributed by atoms with E-state index in [1.54, 1.807) is 35.1 Å². The van der Waals surface area contributed by atoms with Gasteiger partial charge in [-0.15, -0.1) is 0 Å². The van der Waals surface area contributed by atoms with Gasteiger partial charge >= 0.3 is 6.03 Å². The van der Waals surface area contributed by atoms with E-state index in [0.29, 0.717) is 21.6 Å². The summed E-state index contributed by atoms with van der Waals surface area (Å²) in [6.07, 6.45) is 1.57. The SMILES string of the molecule is CC(=O)n1ncc2c(NC(=O)NCc3cc(C(C)(C)C)nn3-c3cccc(Cl)c3)cccc21. The molecule has 170 valence electrons. The topological polar surface area (TPSA) is 93.8 Å². The Morgan fingerprint density at radius 3 is 2.55 bits per heavy atom. The molecule has 0 spiro atoms. The number of anilines is 1. The molecule has 4 aromatic rings. The van der Waals surface area contributed by atoms with E-state index in [-0.39, 0.29) is 23.9 Å². The molecule has 0 unspecified atom stereocenters. The van der Waals surface area contributed by atoms with Crippen molar-refractivity contribution in [3.63, 3.8) is 0 Å². The maximum absolute atomic E-state index is 12.7. The average molecular weight is 465 g/mol. The lowest BCUT2D eigenvalue weighted by Gasteiger charge is -2.14. The minimum Gasteiger partial charge on any atom is -0.332 e. The molecule has 0 radical (unpaired) electrons. The maximum Gasteiger partial charge on any atom is 0.319 e. The zero-order valence-electron chi connectivity index (χ0n) is 18.9. The molecular formula is C24H25ClN6O2. The highest BCUT2D eigenvalue weighted by Crippen LogP contribution is 2.25. The third-order valence-electron chi connectivity index (χ3n) is 5.19. The molecule has 2 amide bonds. The van der Waals surface area contributed by atoms with Crippen LogP contribution in [0.5, 0.6) is 0 Å².